The molecule has 0 aliphatic carbocycles. The molecule has 0 spiro atoms. The molecule has 0 aromatic carbocycles. The van der Waals surface area contributed by atoms with Crippen molar-refractivity contribution in [1.82, 2.24) is 15.2 Å². The van der Waals surface area contributed by atoms with Crippen LogP contribution >= 0.6 is 11.8 Å². The molecule has 7 nitrogen and oxygen atoms in total. The molecule has 0 atom stereocenters. The zero-order valence-electron chi connectivity index (χ0n) is 13.5. The number of carbonyl (C=O) groups excluding carboxylic acids is 2. The number of ether oxygens (including phenoxy) is 1. The van der Waals surface area contributed by atoms with Gasteiger partial charge >= 0.3 is 6.09 Å². The zero-order chi connectivity index (χ0) is 17.4. The van der Waals surface area contributed by atoms with Crippen LogP contribution in [0.4, 0.5) is 4.79 Å². The van der Waals surface area contributed by atoms with Gasteiger partial charge < -0.3 is 15.0 Å². The fraction of sp³-hybridized carbons (Fsp3) is 0.500. The van der Waals surface area contributed by atoms with E-state index < -0.39 is 0 Å². The lowest BCUT2D eigenvalue weighted by Crippen LogP contribution is -2.47. The number of rotatable bonds is 5. The summed E-state index contributed by atoms with van der Waals surface area (Å²) in [5.41, 5.74) is 0.470. The van der Waals surface area contributed by atoms with Crippen LogP contribution in [-0.2, 0) is 9.53 Å². The standard InChI is InChI=1S/C16H20N4O3S/c1-2-23-16(22)20-8-5-13(6-9-20)19-14(21)11-24-15-12(10-17)4-3-7-18-15/h3-4,7,13H,2,5-6,8-9,11H2,1H3,(H,19,21). The van der Waals surface area contributed by atoms with E-state index in [0.717, 1.165) is 0 Å². The Morgan fingerprint density at radius 2 is 2.25 bits per heavy atom. The van der Waals surface area contributed by atoms with E-state index >= 15 is 0 Å². The first kappa shape index (κ1) is 18.1. The van der Waals surface area contributed by atoms with E-state index in [9.17, 15) is 9.59 Å². The topological polar surface area (TPSA) is 95.3 Å². The molecule has 1 N–H and O–H groups in total. The summed E-state index contributed by atoms with van der Waals surface area (Å²) in [6, 6.07) is 5.49. The monoisotopic (exact) mass is 348 g/mol. The van der Waals surface area contributed by atoms with Gasteiger partial charge in [0.1, 0.15) is 11.1 Å². The van der Waals surface area contributed by atoms with Crippen LogP contribution in [0.2, 0.25) is 0 Å². The van der Waals surface area contributed by atoms with Crippen LogP contribution in [-0.4, -0.2) is 53.4 Å². The van der Waals surface area contributed by atoms with Gasteiger partial charge in [-0.25, -0.2) is 9.78 Å². The molecule has 1 aliphatic rings. The summed E-state index contributed by atoms with van der Waals surface area (Å²) in [7, 11) is 0. The van der Waals surface area contributed by atoms with Crippen molar-refractivity contribution in [3.05, 3.63) is 23.9 Å². The fourth-order valence-corrected chi connectivity index (χ4v) is 3.17. The highest BCUT2D eigenvalue weighted by atomic mass is 32.2. The lowest BCUT2D eigenvalue weighted by atomic mass is 10.1. The number of nitriles is 1. The van der Waals surface area contributed by atoms with Gasteiger partial charge in [-0.2, -0.15) is 5.26 Å². The minimum Gasteiger partial charge on any atom is -0.450 e. The largest absolute Gasteiger partial charge is 0.450 e. The summed E-state index contributed by atoms with van der Waals surface area (Å²) in [6.45, 7) is 3.30. The molecule has 1 aromatic heterocycles. The van der Waals surface area contributed by atoms with E-state index in [1.54, 1.807) is 30.2 Å². The number of aromatic nitrogens is 1. The Labute approximate surface area is 145 Å². The number of piperidine rings is 1. The van der Waals surface area contributed by atoms with Crippen molar-refractivity contribution in [3.63, 3.8) is 0 Å². The van der Waals surface area contributed by atoms with Gasteiger partial charge in [0, 0.05) is 25.3 Å². The van der Waals surface area contributed by atoms with E-state index in [2.05, 4.69) is 16.4 Å². The summed E-state index contributed by atoms with van der Waals surface area (Å²) in [5, 5.41) is 12.5. The minimum absolute atomic E-state index is 0.0583. The predicted molar refractivity (Wildman–Crippen MR) is 89.4 cm³/mol. The Morgan fingerprint density at radius 1 is 1.50 bits per heavy atom. The number of likely N-dealkylation sites (tertiary alicyclic amines) is 1. The van der Waals surface area contributed by atoms with Gasteiger partial charge in [0.25, 0.3) is 0 Å². The lowest BCUT2D eigenvalue weighted by Gasteiger charge is -2.31. The van der Waals surface area contributed by atoms with Crippen molar-refractivity contribution in [2.45, 2.75) is 30.8 Å². The molecule has 0 radical (unpaired) electrons. The van der Waals surface area contributed by atoms with Crippen LogP contribution in [0.3, 0.4) is 0 Å². The maximum Gasteiger partial charge on any atom is 0.409 e. The van der Waals surface area contributed by atoms with Crippen LogP contribution in [0.25, 0.3) is 0 Å². The van der Waals surface area contributed by atoms with Gasteiger partial charge in [-0.3, -0.25) is 4.79 Å². The maximum atomic E-state index is 12.1. The average Bonchev–Trinajstić information content (AvgIpc) is 2.61. The second kappa shape index (κ2) is 9.13. The van der Waals surface area contributed by atoms with E-state index in [-0.39, 0.29) is 23.8 Å². The van der Waals surface area contributed by atoms with Crippen molar-refractivity contribution in [3.8, 4) is 6.07 Å². The molecule has 0 bridgehead atoms. The summed E-state index contributed by atoms with van der Waals surface area (Å²) in [6.07, 6.45) is 2.73. The number of hydrogen-bond donors (Lipinski definition) is 1. The number of thioether (sulfide) groups is 1. The Kier molecular flexibility index (Phi) is 6.88. The molecule has 1 aliphatic heterocycles. The molecule has 2 heterocycles. The quantitative estimate of drug-likeness (QED) is 0.815. The smallest absolute Gasteiger partial charge is 0.409 e. The molecule has 128 valence electrons. The highest BCUT2D eigenvalue weighted by Gasteiger charge is 2.24. The Hall–Kier alpha value is -2.27. The van der Waals surface area contributed by atoms with Crippen LogP contribution in [0.1, 0.15) is 25.3 Å². The molecule has 1 fully saturated rings. The molecule has 1 aromatic rings. The second-order valence-electron chi connectivity index (χ2n) is 5.28. The summed E-state index contributed by atoms with van der Waals surface area (Å²) >= 11 is 1.25. The van der Waals surface area contributed by atoms with Crippen molar-refractivity contribution in [2.24, 2.45) is 0 Å². The molecule has 8 heteroatoms. The van der Waals surface area contributed by atoms with E-state index in [1.807, 2.05) is 0 Å². The van der Waals surface area contributed by atoms with Crippen molar-refractivity contribution >= 4 is 23.8 Å². The van der Waals surface area contributed by atoms with Crippen LogP contribution < -0.4 is 5.32 Å². The van der Waals surface area contributed by atoms with Gasteiger partial charge in [-0.15, -0.1) is 0 Å². The Balaban J connectivity index is 1.74. The third-order valence-corrected chi connectivity index (χ3v) is 4.62. The fourth-order valence-electron chi connectivity index (χ4n) is 2.42. The molecule has 24 heavy (non-hydrogen) atoms. The van der Waals surface area contributed by atoms with Gasteiger partial charge in [0.2, 0.25) is 5.91 Å². The molecule has 1 saturated heterocycles. The lowest BCUT2D eigenvalue weighted by molar-refractivity contribution is -0.119. The predicted octanol–water partition coefficient (Wildman–Crippen LogP) is 1.78. The third kappa shape index (κ3) is 5.13. The number of nitrogens with zero attached hydrogens (tertiary/aromatic N) is 3. The number of nitrogens with one attached hydrogen (secondary N) is 1. The first-order valence-electron chi connectivity index (χ1n) is 7.83. The molecule has 2 rings (SSSR count). The SMILES string of the molecule is CCOC(=O)N1CCC(NC(=O)CSc2ncccc2C#N)CC1. The average molecular weight is 348 g/mol. The van der Waals surface area contributed by atoms with Crippen molar-refractivity contribution in [1.29, 1.82) is 5.26 Å². The van der Waals surface area contributed by atoms with Crippen LogP contribution in [0, 0.1) is 11.3 Å². The zero-order valence-corrected chi connectivity index (χ0v) is 14.3. The second-order valence-corrected chi connectivity index (χ2v) is 6.25. The Morgan fingerprint density at radius 3 is 2.92 bits per heavy atom. The normalized spacial score (nSPS) is 14.8. The van der Waals surface area contributed by atoms with Crippen LogP contribution in [0.15, 0.2) is 23.4 Å². The molecular formula is C16H20N4O3S. The molecular weight excluding hydrogens is 328 g/mol. The van der Waals surface area contributed by atoms with Gasteiger partial charge in [-0.05, 0) is 31.9 Å². The molecule has 0 saturated carbocycles. The summed E-state index contributed by atoms with van der Waals surface area (Å²) in [5.74, 6) is 0.119. The molecule has 2 amide bonds. The minimum atomic E-state index is -0.294. The summed E-state index contributed by atoms with van der Waals surface area (Å²) < 4.78 is 4.97. The van der Waals surface area contributed by atoms with E-state index in [0.29, 0.717) is 43.1 Å². The first-order chi connectivity index (χ1) is 11.6. The Bertz CT molecular complexity index is 624. The van der Waals surface area contributed by atoms with Crippen molar-refractivity contribution < 1.29 is 14.3 Å². The van der Waals surface area contributed by atoms with Gasteiger partial charge in [0.15, 0.2) is 0 Å². The summed E-state index contributed by atoms with van der Waals surface area (Å²) in [4.78, 5) is 29.5. The number of hydrogen-bond acceptors (Lipinski definition) is 6. The van der Waals surface area contributed by atoms with E-state index in [1.165, 1.54) is 11.8 Å². The van der Waals surface area contributed by atoms with Gasteiger partial charge in [-0.1, -0.05) is 11.8 Å². The third-order valence-electron chi connectivity index (χ3n) is 3.62. The molecule has 0 unspecified atom stereocenters. The number of carbonyl (C=O) groups is 2. The highest BCUT2D eigenvalue weighted by Crippen LogP contribution is 2.19. The van der Waals surface area contributed by atoms with E-state index in [4.69, 9.17) is 10.00 Å². The van der Waals surface area contributed by atoms with Gasteiger partial charge in [0.05, 0.1) is 17.9 Å². The van der Waals surface area contributed by atoms with Crippen LogP contribution in [0.5, 0.6) is 0 Å². The number of amides is 2. The maximum absolute atomic E-state index is 12.1. The number of pyridine rings is 1. The first-order valence-corrected chi connectivity index (χ1v) is 8.81. The van der Waals surface area contributed by atoms with Crippen molar-refractivity contribution in [2.75, 3.05) is 25.4 Å². The highest BCUT2D eigenvalue weighted by molar-refractivity contribution is 7.99.